The van der Waals surface area contributed by atoms with Gasteiger partial charge in [-0.25, -0.2) is 0 Å². The normalized spacial score (nSPS) is 14.3. The Morgan fingerprint density at radius 3 is 2.50 bits per heavy atom. The summed E-state index contributed by atoms with van der Waals surface area (Å²) < 4.78 is 5.46. The Morgan fingerprint density at radius 1 is 1.20 bits per heavy atom. The maximum Gasteiger partial charge on any atom is 0.123 e. The predicted octanol–water partition coefficient (Wildman–Crippen LogP) is 3.47. The molecule has 20 heavy (non-hydrogen) atoms. The lowest BCUT2D eigenvalue weighted by atomic mass is 10.0. The number of ether oxygens (including phenoxy) is 1. The van der Waals surface area contributed by atoms with Gasteiger partial charge in [0.1, 0.15) is 5.75 Å². The largest absolute Gasteiger partial charge is 0.496 e. The second-order valence-corrected chi connectivity index (χ2v) is 5.39. The predicted molar refractivity (Wildman–Crippen MR) is 86.4 cm³/mol. The van der Waals surface area contributed by atoms with Crippen molar-refractivity contribution < 1.29 is 4.74 Å². The Hall–Kier alpha value is -1.06. The number of hydrogen-bond acceptors (Lipinski definition) is 3. The molecule has 1 N–H and O–H groups in total. The van der Waals surface area contributed by atoms with Crippen molar-refractivity contribution in [2.45, 2.75) is 45.7 Å². The lowest BCUT2D eigenvalue weighted by Crippen LogP contribution is -2.36. The molecule has 0 spiro atoms. The van der Waals surface area contributed by atoms with Crippen molar-refractivity contribution in [3.63, 3.8) is 0 Å². The summed E-state index contributed by atoms with van der Waals surface area (Å²) in [5, 5.41) is 3.65. The van der Waals surface area contributed by atoms with Gasteiger partial charge in [0.05, 0.1) is 7.11 Å². The van der Waals surface area contributed by atoms with Crippen LogP contribution in [0.2, 0.25) is 0 Å². The number of methoxy groups -OCH3 is 1. The van der Waals surface area contributed by atoms with Crippen molar-refractivity contribution in [3.05, 3.63) is 29.8 Å². The van der Waals surface area contributed by atoms with Crippen LogP contribution in [0.4, 0.5) is 0 Å². The van der Waals surface area contributed by atoms with Crippen LogP contribution in [-0.4, -0.2) is 38.2 Å². The van der Waals surface area contributed by atoms with E-state index in [9.17, 15) is 0 Å². The molecule has 0 radical (unpaired) electrons. The number of likely N-dealkylation sites (N-methyl/N-ethyl adjacent to an activating group) is 1. The fourth-order valence-corrected chi connectivity index (χ4v) is 2.38. The summed E-state index contributed by atoms with van der Waals surface area (Å²) in [7, 11) is 3.93. The minimum Gasteiger partial charge on any atom is -0.496 e. The number of para-hydroxylation sites is 1. The number of rotatable bonds is 9. The van der Waals surface area contributed by atoms with Crippen molar-refractivity contribution in [1.29, 1.82) is 0 Å². The first-order valence-electron chi connectivity index (χ1n) is 7.70. The second kappa shape index (κ2) is 8.98. The molecular formula is C17H30N2O. The molecule has 114 valence electrons. The third-order valence-corrected chi connectivity index (χ3v) is 4.12. The van der Waals surface area contributed by atoms with Gasteiger partial charge in [-0.3, -0.25) is 0 Å². The lowest BCUT2D eigenvalue weighted by molar-refractivity contribution is 0.247. The van der Waals surface area contributed by atoms with Crippen LogP contribution < -0.4 is 10.1 Å². The van der Waals surface area contributed by atoms with Crippen LogP contribution in [0, 0.1) is 0 Å². The first-order valence-corrected chi connectivity index (χ1v) is 7.70. The zero-order chi connectivity index (χ0) is 15.0. The highest BCUT2D eigenvalue weighted by molar-refractivity contribution is 5.35. The summed E-state index contributed by atoms with van der Waals surface area (Å²) in [4.78, 5) is 2.40. The van der Waals surface area contributed by atoms with Crippen molar-refractivity contribution >= 4 is 0 Å². The van der Waals surface area contributed by atoms with Gasteiger partial charge in [-0.2, -0.15) is 0 Å². The Kier molecular flexibility index (Phi) is 7.63. The molecule has 2 unspecified atom stereocenters. The van der Waals surface area contributed by atoms with E-state index in [-0.39, 0.29) is 0 Å². The summed E-state index contributed by atoms with van der Waals surface area (Å²) in [6, 6.07) is 9.28. The average molecular weight is 278 g/mol. The summed E-state index contributed by atoms with van der Waals surface area (Å²) in [6.07, 6.45) is 2.26. The smallest absolute Gasteiger partial charge is 0.123 e. The molecular weight excluding hydrogens is 248 g/mol. The molecule has 2 atom stereocenters. The topological polar surface area (TPSA) is 24.5 Å². The molecule has 0 aliphatic heterocycles. The maximum atomic E-state index is 5.46. The first kappa shape index (κ1) is 17.0. The minimum absolute atomic E-state index is 0.358. The Labute approximate surface area is 124 Å². The van der Waals surface area contributed by atoms with Gasteiger partial charge < -0.3 is 15.0 Å². The molecule has 0 aliphatic carbocycles. The second-order valence-electron chi connectivity index (χ2n) is 5.39. The van der Waals surface area contributed by atoms with Crippen LogP contribution in [-0.2, 0) is 0 Å². The Balaban J connectivity index is 2.55. The molecule has 1 aromatic carbocycles. The van der Waals surface area contributed by atoms with E-state index in [1.165, 1.54) is 12.0 Å². The fraction of sp³-hybridized carbons (Fsp3) is 0.647. The quantitative estimate of drug-likeness (QED) is 0.748. The van der Waals surface area contributed by atoms with Crippen LogP contribution in [0.5, 0.6) is 5.75 Å². The average Bonchev–Trinajstić information content (AvgIpc) is 2.50. The third kappa shape index (κ3) is 4.80. The molecule has 1 rings (SSSR count). The van der Waals surface area contributed by atoms with Crippen LogP contribution in [0.25, 0.3) is 0 Å². The lowest BCUT2D eigenvalue weighted by Gasteiger charge is -2.25. The van der Waals surface area contributed by atoms with Crippen LogP contribution in [0.1, 0.15) is 45.2 Å². The number of nitrogens with zero attached hydrogens (tertiary/aromatic N) is 1. The monoisotopic (exact) mass is 278 g/mol. The molecule has 0 bridgehead atoms. The highest BCUT2D eigenvalue weighted by atomic mass is 16.5. The van der Waals surface area contributed by atoms with Gasteiger partial charge in [-0.1, -0.05) is 32.0 Å². The fourth-order valence-electron chi connectivity index (χ4n) is 2.38. The first-order chi connectivity index (χ1) is 9.63. The molecule has 0 aromatic heterocycles. The van der Waals surface area contributed by atoms with Gasteiger partial charge >= 0.3 is 0 Å². The molecule has 0 aliphatic rings. The van der Waals surface area contributed by atoms with E-state index < -0.39 is 0 Å². The van der Waals surface area contributed by atoms with Gasteiger partial charge in [0.2, 0.25) is 0 Å². The van der Waals surface area contributed by atoms with Gasteiger partial charge in [0.25, 0.3) is 0 Å². The Morgan fingerprint density at radius 2 is 1.90 bits per heavy atom. The standard InChI is InChI=1S/C17H30N2O/c1-6-14(3)19(4)13-12-18-16(7-2)15-10-8-9-11-17(15)20-5/h8-11,14,16,18H,6-7,12-13H2,1-5H3. The molecule has 0 saturated heterocycles. The number of nitrogens with one attached hydrogen (secondary N) is 1. The van der Waals surface area contributed by atoms with E-state index in [2.05, 4.69) is 50.2 Å². The molecule has 1 aromatic rings. The maximum absolute atomic E-state index is 5.46. The summed E-state index contributed by atoms with van der Waals surface area (Å²) in [5.41, 5.74) is 1.25. The van der Waals surface area contributed by atoms with E-state index in [0.717, 1.165) is 25.3 Å². The molecule has 0 amide bonds. The highest BCUT2D eigenvalue weighted by Gasteiger charge is 2.14. The molecule has 0 saturated carbocycles. The van der Waals surface area contributed by atoms with Crippen molar-refractivity contribution in [1.82, 2.24) is 10.2 Å². The van der Waals surface area contributed by atoms with Gasteiger partial charge in [-0.05, 0) is 32.9 Å². The van der Waals surface area contributed by atoms with E-state index >= 15 is 0 Å². The van der Waals surface area contributed by atoms with Crippen LogP contribution in [0.3, 0.4) is 0 Å². The molecule has 3 nitrogen and oxygen atoms in total. The van der Waals surface area contributed by atoms with E-state index in [0.29, 0.717) is 12.1 Å². The minimum atomic E-state index is 0.358. The van der Waals surface area contributed by atoms with Crippen molar-refractivity contribution in [2.24, 2.45) is 0 Å². The summed E-state index contributed by atoms with van der Waals surface area (Å²) >= 11 is 0. The van der Waals surface area contributed by atoms with E-state index in [4.69, 9.17) is 4.74 Å². The summed E-state index contributed by atoms with van der Waals surface area (Å²) in [6.45, 7) is 8.79. The zero-order valence-corrected chi connectivity index (χ0v) is 13.6. The summed E-state index contributed by atoms with van der Waals surface area (Å²) in [5.74, 6) is 0.974. The molecule has 0 heterocycles. The molecule has 3 heteroatoms. The van der Waals surface area contributed by atoms with Gasteiger partial charge in [-0.15, -0.1) is 0 Å². The zero-order valence-electron chi connectivity index (χ0n) is 13.6. The Bertz CT molecular complexity index is 381. The van der Waals surface area contributed by atoms with Gasteiger partial charge in [0.15, 0.2) is 0 Å². The van der Waals surface area contributed by atoms with Gasteiger partial charge in [0, 0.05) is 30.7 Å². The third-order valence-electron chi connectivity index (χ3n) is 4.12. The number of hydrogen-bond donors (Lipinski definition) is 1. The van der Waals surface area contributed by atoms with Crippen molar-refractivity contribution in [3.8, 4) is 5.75 Å². The SMILES string of the molecule is CCC(NCCN(C)C(C)CC)c1ccccc1OC. The molecule has 0 fully saturated rings. The van der Waals surface area contributed by atoms with Crippen LogP contribution >= 0.6 is 0 Å². The van der Waals surface area contributed by atoms with E-state index in [1.54, 1.807) is 7.11 Å². The van der Waals surface area contributed by atoms with Crippen molar-refractivity contribution in [2.75, 3.05) is 27.2 Å². The number of benzene rings is 1. The van der Waals surface area contributed by atoms with E-state index in [1.807, 2.05) is 12.1 Å². The van der Waals surface area contributed by atoms with Crippen LogP contribution in [0.15, 0.2) is 24.3 Å². The highest BCUT2D eigenvalue weighted by Crippen LogP contribution is 2.26.